The van der Waals surface area contributed by atoms with E-state index in [0.717, 1.165) is 34.9 Å². The molecule has 0 aliphatic heterocycles. The van der Waals surface area contributed by atoms with E-state index in [1.807, 2.05) is 37.1 Å². The number of Topliss-reactive ketones (excluding diaryl/α,β-unsaturated/α-hetero) is 2. The maximum atomic E-state index is 12.2. The quantitative estimate of drug-likeness (QED) is 0.374. The van der Waals surface area contributed by atoms with E-state index in [1.165, 1.54) is 0 Å². The van der Waals surface area contributed by atoms with Gasteiger partial charge in [-0.3, -0.25) is 9.59 Å². The van der Waals surface area contributed by atoms with Crippen molar-refractivity contribution < 1.29 is 28.7 Å². The summed E-state index contributed by atoms with van der Waals surface area (Å²) in [5.74, 6) is -2.38. The maximum Gasteiger partial charge on any atom is 0.331 e. The lowest BCUT2D eigenvalue weighted by Gasteiger charge is -2.04. The number of aromatic nitrogens is 2. The predicted octanol–water partition coefficient (Wildman–Crippen LogP) is 2.31. The molecule has 2 rings (SSSR count). The van der Waals surface area contributed by atoms with Gasteiger partial charge >= 0.3 is 11.9 Å². The van der Waals surface area contributed by atoms with E-state index in [0.29, 0.717) is 11.1 Å². The highest BCUT2D eigenvalue weighted by atomic mass is 16.5. The number of carbonyl (C=O) groups excluding carboxylic acids is 4. The average Bonchev–Trinajstić information content (AvgIpc) is 3.12. The zero-order chi connectivity index (χ0) is 22.6. The molecule has 2 aromatic rings. The molecule has 8 heteroatoms. The van der Waals surface area contributed by atoms with Crippen LogP contribution in [-0.2, 0) is 33.2 Å². The van der Waals surface area contributed by atoms with Crippen LogP contribution in [0.25, 0.3) is 0 Å². The highest BCUT2D eigenvalue weighted by molar-refractivity contribution is 6.01. The fourth-order valence-corrected chi connectivity index (χ4v) is 2.94. The second kappa shape index (κ2) is 9.39. The highest BCUT2D eigenvalue weighted by Gasteiger charge is 2.17. The summed E-state index contributed by atoms with van der Waals surface area (Å²) in [5.41, 5.74) is 4.36. The number of hydrogen-bond donors (Lipinski definition) is 0. The van der Waals surface area contributed by atoms with E-state index in [-0.39, 0.29) is 11.6 Å². The number of rotatable bonds is 8. The molecular formula is C22H26N2O6. The van der Waals surface area contributed by atoms with Crippen LogP contribution in [-0.4, -0.2) is 45.9 Å². The summed E-state index contributed by atoms with van der Waals surface area (Å²) >= 11 is 0. The van der Waals surface area contributed by atoms with Crippen molar-refractivity contribution in [1.82, 2.24) is 9.13 Å². The van der Waals surface area contributed by atoms with Crippen molar-refractivity contribution in [2.45, 2.75) is 27.7 Å². The van der Waals surface area contributed by atoms with E-state index in [4.69, 9.17) is 9.47 Å². The lowest BCUT2D eigenvalue weighted by atomic mass is 10.1. The van der Waals surface area contributed by atoms with Crippen LogP contribution in [0.2, 0.25) is 0 Å². The molecular weight excluding hydrogens is 388 g/mol. The van der Waals surface area contributed by atoms with Crippen LogP contribution < -0.4 is 0 Å². The lowest BCUT2D eigenvalue weighted by Crippen LogP contribution is -2.15. The molecule has 0 bridgehead atoms. The number of carbonyl (C=O) groups is 4. The molecule has 0 saturated heterocycles. The topological polar surface area (TPSA) is 96.6 Å². The van der Waals surface area contributed by atoms with E-state index in [2.05, 4.69) is 0 Å². The van der Waals surface area contributed by atoms with Crippen molar-refractivity contribution in [3.05, 3.63) is 58.2 Å². The van der Waals surface area contributed by atoms with Crippen molar-refractivity contribution in [2.75, 3.05) is 13.2 Å². The number of aryl methyl sites for hydroxylation is 2. The first kappa shape index (κ1) is 22.9. The smallest absolute Gasteiger partial charge is 0.331 e. The molecule has 0 radical (unpaired) electrons. The summed E-state index contributed by atoms with van der Waals surface area (Å²) in [4.78, 5) is 47.9. The molecule has 0 N–H and O–H groups in total. The summed E-state index contributed by atoms with van der Waals surface area (Å²) in [6.45, 7) is 6.47. The van der Waals surface area contributed by atoms with Gasteiger partial charge in [0.05, 0.1) is 0 Å². The first-order valence-electron chi connectivity index (χ1n) is 9.36. The Morgan fingerprint density at radius 3 is 1.33 bits per heavy atom. The minimum Gasteiger partial charge on any atom is -0.454 e. The molecule has 0 spiro atoms. The van der Waals surface area contributed by atoms with Crippen LogP contribution in [0, 0.1) is 27.7 Å². The van der Waals surface area contributed by atoms with Crippen LogP contribution in [0.4, 0.5) is 0 Å². The molecule has 30 heavy (non-hydrogen) atoms. The molecule has 8 nitrogen and oxygen atoms in total. The second-order valence-electron chi connectivity index (χ2n) is 7.08. The zero-order valence-corrected chi connectivity index (χ0v) is 18.1. The molecule has 0 amide bonds. The van der Waals surface area contributed by atoms with Crippen molar-refractivity contribution in [3.63, 3.8) is 0 Å². The monoisotopic (exact) mass is 414 g/mol. The van der Waals surface area contributed by atoms with E-state index < -0.39 is 25.2 Å². The summed E-state index contributed by atoms with van der Waals surface area (Å²) in [7, 11) is 3.68. The Bertz CT molecular complexity index is 956. The summed E-state index contributed by atoms with van der Waals surface area (Å²) in [5, 5.41) is 0. The molecule has 0 aliphatic carbocycles. The SMILES string of the molecule is Cc1cc(C(=O)COC(=O)C=CC(=O)OCC(=O)c2cc(C)n(C)c2C)c(C)n1C. The zero-order valence-electron chi connectivity index (χ0n) is 18.1. The largest absolute Gasteiger partial charge is 0.454 e. The molecule has 2 aromatic heterocycles. The number of hydrogen-bond acceptors (Lipinski definition) is 6. The van der Waals surface area contributed by atoms with Gasteiger partial charge in [-0.2, -0.15) is 0 Å². The number of ketones is 2. The van der Waals surface area contributed by atoms with Crippen molar-refractivity contribution in [3.8, 4) is 0 Å². The van der Waals surface area contributed by atoms with Crippen LogP contribution >= 0.6 is 0 Å². The first-order valence-corrected chi connectivity index (χ1v) is 9.36. The summed E-state index contributed by atoms with van der Waals surface area (Å²) in [6, 6.07) is 3.46. The molecule has 0 saturated carbocycles. The third-order valence-electron chi connectivity index (χ3n) is 5.20. The Balaban J connectivity index is 1.82. The maximum absolute atomic E-state index is 12.2. The number of ether oxygens (including phenoxy) is 2. The predicted molar refractivity (Wildman–Crippen MR) is 109 cm³/mol. The van der Waals surface area contributed by atoms with Gasteiger partial charge in [-0.15, -0.1) is 0 Å². The normalized spacial score (nSPS) is 11.0. The van der Waals surface area contributed by atoms with Crippen molar-refractivity contribution in [1.29, 1.82) is 0 Å². The Kier molecular flexibility index (Phi) is 7.15. The lowest BCUT2D eigenvalue weighted by molar-refractivity contribution is -0.139. The average molecular weight is 414 g/mol. The Labute approximate surface area is 175 Å². The second-order valence-corrected chi connectivity index (χ2v) is 7.08. The van der Waals surface area contributed by atoms with Crippen LogP contribution in [0.3, 0.4) is 0 Å². The van der Waals surface area contributed by atoms with Gasteiger partial charge < -0.3 is 18.6 Å². The number of nitrogens with zero attached hydrogens (tertiary/aromatic N) is 2. The standard InChI is InChI=1S/C22H26N2O6/c1-13-9-17(15(3)23(13)5)19(25)11-29-21(27)7-8-22(28)30-12-20(26)18-10-14(2)24(6)16(18)4/h7-10H,11-12H2,1-6H3. The van der Waals surface area contributed by atoms with Gasteiger partial charge in [0.25, 0.3) is 0 Å². The molecule has 160 valence electrons. The molecule has 0 aromatic carbocycles. The third-order valence-corrected chi connectivity index (χ3v) is 5.20. The van der Waals surface area contributed by atoms with Gasteiger partial charge in [-0.05, 0) is 39.8 Å². The van der Waals surface area contributed by atoms with Crippen LogP contribution in [0.15, 0.2) is 24.3 Å². The van der Waals surface area contributed by atoms with Crippen molar-refractivity contribution >= 4 is 23.5 Å². The van der Waals surface area contributed by atoms with Crippen LogP contribution in [0.5, 0.6) is 0 Å². The minimum absolute atomic E-state index is 0.334. The van der Waals surface area contributed by atoms with Gasteiger partial charge in [0.1, 0.15) is 0 Å². The third kappa shape index (κ3) is 5.14. The Morgan fingerprint density at radius 2 is 1.07 bits per heavy atom. The molecule has 0 fully saturated rings. The minimum atomic E-state index is -0.855. The van der Waals surface area contributed by atoms with E-state index >= 15 is 0 Å². The van der Waals surface area contributed by atoms with Crippen molar-refractivity contribution in [2.24, 2.45) is 14.1 Å². The Hall–Kier alpha value is -3.42. The van der Waals surface area contributed by atoms with Gasteiger partial charge in [-0.25, -0.2) is 9.59 Å². The fraction of sp³-hybridized carbons (Fsp3) is 0.364. The van der Waals surface area contributed by atoms with Gasteiger partial charge in [0.15, 0.2) is 13.2 Å². The van der Waals surface area contributed by atoms with Crippen LogP contribution in [0.1, 0.15) is 43.5 Å². The highest BCUT2D eigenvalue weighted by Crippen LogP contribution is 2.15. The van der Waals surface area contributed by atoms with Gasteiger partial charge in [0, 0.05) is 60.1 Å². The van der Waals surface area contributed by atoms with E-state index in [9.17, 15) is 19.2 Å². The fourth-order valence-electron chi connectivity index (χ4n) is 2.94. The summed E-state index contributed by atoms with van der Waals surface area (Å²) in [6.07, 6.45) is 1.72. The molecule has 0 unspecified atom stereocenters. The van der Waals surface area contributed by atoms with Gasteiger partial charge in [-0.1, -0.05) is 0 Å². The molecule has 0 aliphatic rings. The first-order chi connectivity index (χ1) is 14.0. The summed E-state index contributed by atoms with van der Waals surface area (Å²) < 4.78 is 13.5. The number of esters is 2. The van der Waals surface area contributed by atoms with E-state index in [1.54, 1.807) is 26.0 Å². The Morgan fingerprint density at radius 1 is 0.733 bits per heavy atom. The molecule has 2 heterocycles. The van der Waals surface area contributed by atoms with Gasteiger partial charge in [0.2, 0.25) is 11.6 Å². The molecule has 0 atom stereocenters.